The zero-order chi connectivity index (χ0) is 17.1. The number of nitrogens with one attached hydrogen (secondary N) is 1. The average Bonchev–Trinajstić information content (AvgIpc) is 3.07. The standard InChI is InChI=1S/C18H26N2O4/c1-12(2)18(21)20-6-4-14(5-7-20)19-10-13-8-15(22-3)17-16(9-13)23-11-24-17/h8-9,12,14,19H,4-7,10-11H2,1-3H3. The van der Waals surface area contributed by atoms with Crippen molar-refractivity contribution in [2.45, 2.75) is 39.3 Å². The Hall–Kier alpha value is -1.95. The van der Waals surface area contributed by atoms with Crippen LogP contribution < -0.4 is 19.5 Å². The second-order valence-corrected chi connectivity index (χ2v) is 6.67. The van der Waals surface area contributed by atoms with Crippen LogP contribution in [0.4, 0.5) is 0 Å². The molecule has 0 aromatic heterocycles. The van der Waals surface area contributed by atoms with Crippen LogP contribution in [0.25, 0.3) is 0 Å². The van der Waals surface area contributed by atoms with Crippen molar-refractivity contribution < 1.29 is 19.0 Å². The van der Waals surface area contributed by atoms with E-state index in [1.54, 1.807) is 7.11 Å². The fourth-order valence-corrected chi connectivity index (χ4v) is 3.22. The van der Waals surface area contributed by atoms with Gasteiger partial charge in [-0.3, -0.25) is 4.79 Å². The van der Waals surface area contributed by atoms with Gasteiger partial charge in [0.05, 0.1) is 7.11 Å². The van der Waals surface area contributed by atoms with Crippen LogP contribution in [0.3, 0.4) is 0 Å². The summed E-state index contributed by atoms with van der Waals surface area (Å²) in [6.07, 6.45) is 1.97. The van der Waals surface area contributed by atoms with E-state index in [4.69, 9.17) is 14.2 Å². The monoisotopic (exact) mass is 334 g/mol. The lowest BCUT2D eigenvalue weighted by atomic mass is 10.0. The van der Waals surface area contributed by atoms with Crippen LogP contribution in [0.2, 0.25) is 0 Å². The van der Waals surface area contributed by atoms with Crippen molar-refractivity contribution in [1.82, 2.24) is 10.2 Å². The number of amides is 1. The first kappa shape index (κ1) is 16.9. The molecule has 0 bridgehead atoms. The number of carbonyl (C=O) groups excluding carboxylic acids is 1. The van der Waals surface area contributed by atoms with Crippen LogP contribution in [0.5, 0.6) is 17.2 Å². The summed E-state index contributed by atoms with van der Waals surface area (Å²) in [6.45, 7) is 6.57. The van der Waals surface area contributed by atoms with E-state index in [1.165, 1.54) is 0 Å². The van der Waals surface area contributed by atoms with Crippen LogP contribution >= 0.6 is 0 Å². The number of hydrogen-bond donors (Lipinski definition) is 1. The molecule has 1 amide bonds. The van der Waals surface area contributed by atoms with Gasteiger partial charge in [-0.1, -0.05) is 13.8 Å². The quantitative estimate of drug-likeness (QED) is 0.894. The first-order valence-electron chi connectivity index (χ1n) is 8.57. The van der Waals surface area contributed by atoms with E-state index in [0.29, 0.717) is 17.5 Å². The van der Waals surface area contributed by atoms with Crippen LogP contribution in [0.1, 0.15) is 32.3 Å². The van der Waals surface area contributed by atoms with Crippen LogP contribution in [-0.2, 0) is 11.3 Å². The summed E-state index contributed by atoms with van der Waals surface area (Å²) < 4.78 is 16.3. The molecule has 2 heterocycles. The van der Waals surface area contributed by atoms with E-state index in [1.807, 2.05) is 30.9 Å². The number of benzene rings is 1. The molecule has 1 aromatic rings. The van der Waals surface area contributed by atoms with Gasteiger partial charge in [0.2, 0.25) is 18.4 Å². The molecule has 3 rings (SSSR count). The topological polar surface area (TPSA) is 60.0 Å². The minimum Gasteiger partial charge on any atom is -0.493 e. The number of nitrogens with zero attached hydrogens (tertiary/aromatic N) is 1. The highest BCUT2D eigenvalue weighted by atomic mass is 16.7. The van der Waals surface area contributed by atoms with E-state index >= 15 is 0 Å². The highest BCUT2D eigenvalue weighted by molar-refractivity contribution is 5.78. The van der Waals surface area contributed by atoms with E-state index in [9.17, 15) is 4.79 Å². The van der Waals surface area contributed by atoms with Gasteiger partial charge < -0.3 is 24.4 Å². The zero-order valence-electron chi connectivity index (χ0n) is 14.6. The van der Waals surface area contributed by atoms with Crippen molar-refractivity contribution in [2.75, 3.05) is 27.0 Å². The molecule has 2 aliphatic rings. The molecule has 0 aliphatic carbocycles. The number of rotatable bonds is 5. The molecule has 0 unspecified atom stereocenters. The molecule has 0 atom stereocenters. The Morgan fingerprint density at radius 1 is 1.33 bits per heavy atom. The minimum absolute atomic E-state index is 0.0793. The highest BCUT2D eigenvalue weighted by Gasteiger charge is 2.24. The average molecular weight is 334 g/mol. The summed E-state index contributed by atoms with van der Waals surface area (Å²) >= 11 is 0. The van der Waals surface area contributed by atoms with Crippen molar-refractivity contribution in [3.05, 3.63) is 17.7 Å². The third kappa shape index (κ3) is 3.59. The van der Waals surface area contributed by atoms with Gasteiger partial charge in [0.15, 0.2) is 11.5 Å². The predicted octanol–water partition coefficient (Wildman–Crippen LogP) is 2.16. The molecule has 6 heteroatoms. The van der Waals surface area contributed by atoms with Gasteiger partial charge in [0.1, 0.15) is 0 Å². The fourth-order valence-electron chi connectivity index (χ4n) is 3.22. The molecular weight excluding hydrogens is 308 g/mol. The highest BCUT2D eigenvalue weighted by Crippen LogP contribution is 2.41. The Balaban J connectivity index is 1.53. The van der Waals surface area contributed by atoms with Gasteiger partial charge in [-0.05, 0) is 30.5 Å². The molecule has 0 saturated carbocycles. The zero-order valence-corrected chi connectivity index (χ0v) is 14.6. The third-order valence-corrected chi connectivity index (χ3v) is 4.61. The van der Waals surface area contributed by atoms with Gasteiger partial charge in [0, 0.05) is 31.6 Å². The second-order valence-electron chi connectivity index (χ2n) is 6.67. The number of piperidine rings is 1. The molecule has 2 aliphatic heterocycles. The Labute approximate surface area is 143 Å². The number of likely N-dealkylation sites (tertiary alicyclic amines) is 1. The number of carbonyl (C=O) groups is 1. The van der Waals surface area contributed by atoms with Gasteiger partial charge in [-0.2, -0.15) is 0 Å². The van der Waals surface area contributed by atoms with Crippen molar-refractivity contribution in [3.63, 3.8) is 0 Å². The maximum atomic E-state index is 12.0. The minimum atomic E-state index is 0.0793. The summed E-state index contributed by atoms with van der Waals surface area (Å²) in [6, 6.07) is 4.41. The van der Waals surface area contributed by atoms with E-state index < -0.39 is 0 Å². The molecule has 1 fully saturated rings. The molecule has 1 aromatic carbocycles. The van der Waals surface area contributed by atoms with E-state index in [-0.39, 0.29) is 18.6 Å². The summed E-state index contributed by atoms with van der Waals surface area (Å²) in [4.78, 5) is 14.0. The number of methoxy groups -OCH3 is 1. The molecule has 6 nitrogen and oxygen atoms in total. The molecule has 0 radical (unpaired) electrons. The third-order valence-electron chi connectivity index (χ3n) is 4.61. The normalized spacial score (nSPS) is 17.4. The number of fused-ring (bicyclic) bond motifs is 1. The van der Waals surface area contributed by atoms with Gasteiger partial charge in [-0.25, -0.2) is 0 Å². The Bertz CT molecular complexity index is 595. The summed E-state index contributed by atoms with van der Waals surface area (Å²) in [5.74, 6) is 2.47. The number of ether oxygens (including phenoxy) is 3. The lowest BCUT2D eigenvalue weighted by Crippen LogP contribution is -2.45. The van der Waals surface area contributed by atoms with Gasteiger partial charge in [0.25, 0.3) is 0 Å². The summed E-state index contributed by atoms with van der Waals surface area (Å²) in [5, 5.41) is 3.58. The molecule has 24 heavy (non-hydrogen) atoms. The Morgan fingerprint density at radius 3 is 2.75 bits per heavy atom. The van der Waals surface area contributed by atoms with Crippen LogP contribution in [0, 0.1) is 5.92 Å². The molecule has 0 spiro atoms. The molecule has 1 N–H and O–H groups in total. The molecular formula is C18H26N2O4. The molecule has 132 valence electrons. The largest absolute Gasteiger partial charge is 0.493 e. The van der Waals surface area contributed by atoms with Crippen molar-refractivity contribution >= 4 is 5.91 Å². The second kappa shape index (κ2) is 7.30. The lowest BCUT2D eigenvalue weighted by Gasteiger charge is -2.33. The van der Waals surface area contributed by atoms with Crippen molar-refractivity contribution in [2.24, 2.45) is 5.92 Å². The first-order valence-corrected chi connectivity index (χ1v) is 8.57. The van der Waals surface area contributed by atoms with Crippen LogP contribution in [-0.4, -0.2) is 43.8 Å². The fraction of sp³-hybridized carbons (Fsp3) is 0.611. The lowest BCUT2D eigenvalue weighted by molar-refractivity contribution is -0.135. The predicted molar refractivity (Wildman–Crippen MR) is 90.4 cm³/mol. The van der Waals surface area contributed by atoms with Gasteiger partial charge in [-0.15, -0.1) is 0 Å². The summed E-state index contributed by atoms with van der Waals surface area (Å²) in [7, 11) is 1.63. The van der Waals surface area contributed by atoms with E-state index in [2.05, 4.69) is 5.32 Å². The summed E-state index contributed by atoms with van der Waals surface area (Å²) in [5.41, 5.74) is 1.11. The van der Waals surface area contributed by atoms with Crippen LogP contribution in [0.15, 0.2) is 12.1 Å². The van der Waals surface area contributed by atoms with Crippen molar-refractivity contribution in [1.29, 1.82) is 0 Å². The SMILES string of the molecule is COc1cc(CNC2CCN(C(=O)C(C)C)CC2)cc2c1OCO2. The van der Waals surface area contributed by atoms with Crippen molar-refractivity contribution in [3.8, 4) is 17.2 Å². The smallest absolute Gasteiger partial charge is 0.231 e. The van der Waals surface area contributed by atoms with E-state index in [0.717, 1.165) is 43.8 Å². The maximum Gasteiger partial charge on any atom is 0.231 e. The Morgan fingerprint density at radius 2 is 2.08 bits per heavy atom. The first-order chi connectivity index (χ1) is 11.6. The van der Waals surface area contributed by atoms with Gasteiger partial charge >= 0.3 is 0 Å². The maximum absolute atomic E-state index is 12.0. The molecule has 1 saturated heterocycles. The Kier molecular flexibility index (Phi) is 5.14. The number of hydrogen-bond acceptors (Lipinski definition) is 5.